The number of nitrogens with two attached hydrogens (primary N) is 1. The molecule has 0 bridgehead atoms. The minimum absolute atomic E-state index is 0. The van der Waals surface area contributed by atoms with Gasteiger partial charge in [0, 0.05) is 12.1 Å². The summed E-state index contributed by atoms with van der Waals surface area (Å²) in [5.74, 6) is -0.210. The highest BCUT2D eigenvalue weighted by Gasteiger charge is 2.21. The topological polar surface area (TPSA) is 92.9 Å². The first-order valence-corrected chi connectivity index (χ1v) is 7.22. The van der Waals surface area contributed by atoms with Crippen LogP contribution in [0.4, 0.5) is 0 Å². The molecule has 0 aliphatic rings. The molecular weight excluding hydrogens is 304 g/mol. The predicted molar refractivity (Wildman–Crippen MR) is 90.3 cm³/mol. The maximum atomic E-state index is 12.0. The first-order valence-electron chi connectivity index (χ1n) is 7.22. The van der Waals surface area contributed by atoms with Crippen LogP contribution in [0.5, 0.6) is 0 Å². The number of rotatable bonds is 6. The van der Waals surface area contributed by atoms with Gasteiger partial charge in [-0.3, -0.25) is 9.36 Å². The lowest BCUT2D eigenvalue weighted by atomic mass is 9.94. The molecule has 6 nitrogen and oxygen atoms in total. The molecule has 0 aliphatic heterocycles. The van der Waals surface area contributed by atoms with Crippen molar-refractivity contribution in [2.24, 2.45) is 5.73 Å². The van der Waals surface area contributed by atoms with E-state index in [0.717, 1.165) is 23.9 Å². The van der Waals surface area contributed by atoms with E-state index in [-0.39, 0.29) is 36.1 Å². The zero-order valence-electron chi connectivity index (χ0n) is 12.9. The Morgan fingerprint density at radius 3 is 2.59 bits per heavy atom. The number of aromatic amines is 1. The number of fused-ring (bicyclic) bond motifs is 1. The molecule has 2 aromatic rings. The number of imidazole rings is 1. The molecule has 1 aromatic carbocycles. The van der Waals surface area contributed by atoms with Gasteiger partial charge in [-0.05, 0) is 25.0 Å². The highest BCUT2D eigenvalue weighted by molar-refractivity contribution is 5.85. The number of amides is 1. The molecule has 1 heterocycles. The van der Waals surface area contributed by atoms with E-state index in [0.29, 0.717) is 6.54 Å². The molecule has 0 aliphatic carbocycles. The average Bonchev–Trinajstić information content (AvgIpc) is 2.81. The molecular formula is C15H23ClN4O2. The van der Waals surface area contributed by atoms with E-state index in [1.807, 2.05) is 38.1 Å². The Kier molecular flexibility index (Phi) is 6.20. The monoisotopic (exact) mass is 326 g/mol. The first-order chi connectivity index (χ1) is 9.99. The summed E-state index contributed by atoms with van der Waals surface area (Å²) >= 11 is 0. The Balaban J connectivity index is 0.00000242. The van der Waals surface area contributed by atoms with Crippen LogP contribution < -0.4 is 16.7 Å². The Morgan fingerprint density at radius 1 is 1.32 bits per heavy atom. The third-order valence-electron chi connectivity index (χ3n) is 4.03. The second-order valence-electron chi connectivity index (χ2n) is 5.38. The van der Waals surface area contributed by atoms with Crippen molar-refractivity contribution in [3.8, 4) is 0 Å². The van der Waals surface area contributed by atoms with E-state index >= 15 is 0 Å². The number of carbonyl (C=O) groups excluding carboxylic acids is 1. The zero-order chi connectivity index (χ0) is 15.5. The largest absolute Gasteiger partial charge is 0.353 e. The molecule has 7 heteroatoms. The molecule has 0 fully saturated rings. The van der Waals surface area contributed by atoms with Crippen molar-refractivity contribution in [1.29, 1.82) is 0 Å². The van der Waals surface area contributed by atoms with E-state index < -0.39 is 0 Å². The fraction of sp³-hybridized carbons (Fsp3) is 0.467. The van der Waals surface area contributed by atoms with Crippen LogP contribution in [0.25, 0.3) is 11.0 Å². The van der Waals surface area contributed by atoms with Crippen molar-refractivity contribution < 1.29 is 4.79 Å². The molecule has 1 aromatic heterocycles. The molecule has 2 rings (SSSR count). The molecule has 122 valence electrons. The van der Waals surface area contributed by atoms with Gasteiger partial charge < -0.3 is 16.0 Å². The number of benzene rings is 1. The number of hydrogen-bond acceptors (Lipinski definition) is 3. The smallest absolute Gasteiger partial charge is 0.326 e. The van der Waals surface area contributed by atoms with Crippen molar-refractivity contribution in [3.05, 3.63) is 34.7 Å². The lowest BCUT2D eigenvalue weighted by Crippen LogP contribution is -2.50. The van der Waals surface area contributed by atoms with Gasteiger partial charge in [0.15, 0.2) is 0 Å². The normalized spacial score (nSPS) is 11.2. The molecule has 0 radical (unpaired) electrons. The van der Waals surface area contributed by atoms with Crippen LogP contribution in [0.2, 0.25) is 0 Å². The van der Waals surface area contributed by atoms with E-state index in [1.54, 1.807) is 0 Å². The van der Waals surface area contributed by atoms with Gasteiger partial charge in [-0.25, -0.2) is 4.79 Å². The fourth-order valence-corrected chi connectivity index (χ4v) is 2.24. The number of halogens is 1. The Morgan fingerprint density at radius 2 is 1.95 bits per heavy atom. The number of aromatic nitrogens is 2. The van der Waals surface area contributed by atoms with Crippen LogP contribution in [0.15, 0.2) is 29.1 Å². The summed E-state index contributed by atoms with van der Waals surface area (Å²) in [7, 11) is 0. The second-order valence-corrected chi connectivity index (χ2v) is 5.38. The number of hydrogen-bond donors (Lipinski definition) is 3. The third-order valence-corrected chi connectivity index (χ3v) is 4.03. The van der Waals surface area contributed by atoms with Gasteiger partial charge >= 0.3 is 5.69 Å². The summed E-state index contributed by atoms with van der Waals surface area (Å²) in [5.41, 5.74) is 6.93. The van der Waals surface area contributed by atoms with Crippen molar-refractivity contribution in [2.75, 3.05) is 6.54 Å². The number of nitrogens with zero attached hydrogens (tertiary/aromatic N) is 1. The van der Waals surface area contributed by atoms with E-state index in [9.17, 15) is 9.59 Å². The molecule has 0 saturated carbocycles. The molecule has 0 spiro atoms. The van der Waals surface area contributed by atoms with E-state index in [2.05, 4.69) is 10.3 Å². The number of nitrogens with one attached hydrogen (secondary N) is 2. The van der Waals surface area contributed by atoms with Crippen LogP contribution in [0.3, 0.4) is 0 Å². The van der Waals surface area contributed by atoms with Gasteiger partial charge in [-0.1, -0.05) is 26.0 Å². The SMILES string of the molecule is CCC(N)(CC)CNC(=O)Cn1c(=O)[nH]c2ccccc21.Cl. The van der Waals surface area contributed by atoms with Crippen LogP contribution in [-0.2, 0) is 11.3 Å². The van der Waals surface area contributed by atoms with E-state index in [1.165, 1.54) is 4.57 Å². The van der Waals surface area contributed by atoms with Gasteiger partial charge in [0.2, 0.25) is 5.91 Å². The van der Waals surface area contributed by atoms with Gasteiger partial charge in [-0.15, -0.1) is 12.4 Å². The minimum atomic E-state index is -0.388. The Labute approximate surface area is 135 Å². The summed E-state index contributed by atoms with van der Waals surface area (Å²) in [4.78, 5) is 26.7. The maximum Gasteiger partial charge on any atom is 0.326 e. The van der Waals surface area contributed by atoms with E-state index in [4.69, 9.17) is 5.73 Å². The summed E-state index contributed by atoms with van der Waals surface area (Å²) < 4.78 is 1.43. The number of carbonyl (C=O) groups is 1. The van der Waals surface area contributed by atoms with Gasteiger partial charge in [0.05, 0.1) is 11.0 Å². The first kappa shape index (κ1) is 18.3. The lowest BCUT2D eigenvalue weighted by Gasteiger charge is -2.26. The molecule has 22 heavy (non-hydrogen) atoms. The van der Waals surface area contributed by atoms with Gasteiger partial charge in [0.25, 0.3) is 0 Å². The molecule has 0 saturated heterocycles. The summed E-state index contributed by atoms with van der Waals surface area (Å²) in [6.45, 7) is 4.40. The Bertz CT molecular complexity index is 688. The molecule has 4 N–H and O–H groups in total. The zero-order valence-corrected chi connectivity index (χ0v) is 13.7. The third kappa shape index (κ3) is 3.90. The van der Waals surface area contributed by atoms with Crippen LogP contribution in [0.1, 0.15) is 26.7 Å². The summed E-state index contributed by atoms with van der Waals surface area (Å²) in [5, 5.41) is 2.82. The standard InChI is InChI=1S/C15H22N4O2.ClH/c1-3-15(16,4-2)10-17-13(20)9-19-12-8-6-5-7-11(12)18-14(19)21;/h5-8H,3-4,9-10,16H2,1-2H3,(H,17,20)(H,18,21);1H. The second kappa shape index (κ2) is 7.47. The lowest BCUT2D eigenvalue weighted by molar-refractivity contribution is -0.121. The van der Waals surface area contributed by atoms with Gasteiger partial charge in [0.1, 0.15) is 6.54 Å². The predicted octanol–water partition coefficient (Wildman–Crippen LogP) is 1.39. The van der Waals surface area contributed by atoms with Gasteiger partial charge in [-0.2, -0.15) is 0 Å². The highest BCUT2D eigenvalue weighted by Crippen LogP contribution is 2.10. The highest BCUT2D eigenvalue weighted by atomic mass is 35.5. The van der Waals surface area contributed by atoms with Crippen molar-refractivity contribution in [2.45, 2.75) is 38.8 Å². The number of para-hydroxylation sites is 2. The van der Waals surface area contributed by atoms with Crippen molar-refractivity contribution in [1.82, 2.24) is 14.9 Å². The summed E-state index contributed by atoms with van der Waals surface area (Å²) in [6, 6.07) is 7.30. The van der Waals surface area contributed by atoms with Crippen LogP contribution in [0, 0.1) is 0 Å². The molecule has 0 atom stereocenters. The number of H-pyrrole nitrogens is 1. The minimum Gasteiger partial charge on any atom is -0.353 e. The maximum absolute atomic E-state index is 12.0. The summed E-state index contributed by atoms with van der Waals surface area (Å²) in [6.07, 6.45) is 1.58. The van der Waals surface area contributed by atoms with Crippen molar-refractivity contribution >= 4 is 29.3 Å². The average molecular weight is 327 g/mol. The molecule has 0 unspecified atom stereocenters. The van der Waals surface area contributed by atoms with Crippen molar-refractivity contribution in [3.63, 3.8) is 0 Å². The van der Waals surface area contributed by atoms with Crippen LogP contribution >= 0.6 is 12.4 Å². The molecule has 1 amide bonds. The fourth-order valence-electron chi connectivity index (χ4n) is 2.24. The quantitative estimate of drug-likeness (QED) is 0.748. The Hall–Kier alpha value is -1.79. The van der Waals surface area contributed by atoms with Crippen LogP contribution in [-0.4, -0.2) is 27.5 Å².